The van der Waals surface area contributed by atoms with Gasteiger partial charge in [0.05, 0.1) is 0 Å². The SMILES string of the molecule is Nc1cc(I)ccc1CCCCl. The molecule has 1 aromatic carbocycles. The number of hydrogen-bond acceptors (Lipinski definition) is 1. The predicted molar refractivity (Wildman–Crippen MR) is 62.6 cm³/mol. The molecule has 0 saturated carbocycles. The molecule has 0 amide bonds. The topological polar surface area (TPSA) is 26.0 Å². The highest BCUT2D eigenvalue weighted by molar-refractivity contribution is 14.1. The average Bonchev–Trinajstić information content (AvgIpc) is 2.03. The Labute approximate surface area is 91.4 Å². The van der Waals surface area contributed by atoms with Gasteiger partial charge in [-0.3, -0.25) is 0 Å². The number of nitrogen functional groups attached to an aromatic ring is 1. The van der Waals surface area contributed by atoms with Crippen LogP contribution in [0, 0.1) is 3.57 Å². The minimum atomic E-state index is 0.700. The summed E-state index contributed by atoms with van der Waals surface area (Å²) in [6.45, 7) is 0. The monoisotopic (exact) mass is 295 g/mol. The molecule has 0 bridgehead atoms. The number of aryl methyl sites for hydroxylation is 1. The lowest BCUT2D eigenvalue weighted by Gasteiger charge is -2.04. The fourth-order valence-corrected chi connectivity index (χ4v) is 1.70. The van der Waals surface area contributed by atoms with Crippen molar-refractivity contribution in [2.24, 2.45) is 0 Å². The Morgan fingerprint density at radius 2 is 2.17 bits per heavy atom. The van der Waals surface area contributed by atoms with Crippen molar-refractivity contribution in [3.8, 4) is 0 Å². The maximum Gasteiger partial charge on any atom is 0.0357 e. The van der Waals surface area contributed by atoms with E-state index in [0.717, 1.165) is 18.5 Å². The number of alkyl halides is 1. The lowest BCUT2D eigenvalue weighted by atomic mass is 10.1. The third kappa shape index (κ3) is 2.83. The van der Waals surface area contributed by atoms with Gasteiger partial charge in [0, 0.05) is 15.1 Å². The molecule has 3 heteroatoms. The van der Waals surface area contributed by atoms with Crippen LogP contribution in [0.25, 0.3) is 0 Å². The molecule has 0 aliphatic heterocycles. The number of benzene rings is 1. The van der Waals surface area contributed by atoms with Gasteiger partial charge in [-0.1, -0.05) is 6.07 Å². The Hall–Kier alpha value is 0.0400. The first-order valence-electron chi connectivity index (χ1n) is 3.84. The first kappa shape index (κ1) is 10.1. The highest BCUT2D eigenvalue weighted by atomic mass is 127. The van der Waals surface area contributed by atoms with Crippen LogP contribution in [0.3, 0.4) is 0 Å². The second-order valence-electron chi connectivity index (χ2n) is 2.64. The summed E-state index contributed by atoms with van der Waals surface area (Å²) in [5.74, 6) is 0.700. The van der Waals surface area contributed by atoms with Crippen molar-refractivity contribution < 1.29 is 0 Å². The van der Waals surface area contributed by atoms with Gasteiger partial charge in [-0.05, 0) is 53.1 Å². The van der Waals surface area contributed by atoms with Gasteiger partial charge in [-0.15, -0.1) is 11.6 Å². The molecule has 2 N–H and O–H groups in total. The number of halogens is 2. The van der Waals surface area contributed by atoms with E-state index in [1.165, 1.54) is 9.13 Å². The second kappa shape index (κ2) is 4.92. The lowest BCUT2D eigenvalue weighted by molar-refractivity contribution is 0.931. The number of hydrogen-bond donors (Lipinski definition) is 1. The summed E-state index contributed by atoms with van der Waals surface area (Å²) >= 11 is 7.85. The number of anilines is 1. The van der Waals surface area contributed by atoms with E-state index in [4.69, 9.17) is 17.3 Å². The van der Waals surface area contributed by atoms with Crippen LogP contribution in [-0.2, 0) is 6.42 Å². The van der Waals surface area contributed by atoms with Gasteiger partial charge >= 0.3 is 0 Å². The van der Waals surface area contributed by atoms with E-state index in [-0.39, 0.29) is 0 Å². The fraction of sp³-hybridized carbons (Fsp3) is 0.333. The van der Waals surface area contributed by atoms with Crippen LogP contribution in [0.2, 0.25) is 0 Å². The number of nitrogens with two attached hydrogens (primary N) is 1. The molecule has 12 heavy (non-hydrogen) atoms. The van der Waals surface area contributed by atoms with Gasteiger partial charge in [-0.25, -0.2) is 0 Å². The first-order chi connectivity index (χ1) is 5.74. The highest BCUT2D eigenvalue weighted by Crippen LogP contribution is 2.17. The Morgan fingerprint density at radius 1 is 1.42 bits per heavy atom. The molecule has 1 rings (SSSR count). The summed E-state index contributed by atoms with van der Waals surface area (Å²) in [6, 6.07) is 6.13. The molecule has 0 spiro atoms. The van der Waals surface area contributed by atoms with E-state index < -0.39 is 0 Å². The van der Waals surface area contributed by atoms with E-state index in [1.807, 2.05) is 6.07 Å². The first-order valence-corrected chi connectivity index (χ1v) is 5.45. The summed E-state index contributed by atoms with van der Waals surface area (Å²) in [5, 5.41) is 0. The zero-order chi connectivity index (χ0) is 8.97. The third-order valence-electron chi connectivity index (χ3n) is 1.69. The summed E-state index contributed by atoms with van der Waals surface area (Å²) in [6.07, 6.45) is 1.97. The molecule has 0 aliphatic rings. The molecule has 0 fully saturated rings. The molecule has 0 atom stereocenters. The van der Waals surface area contributed by atoms with Crippen molar-refractivity contribution in [3.05, 3.63) is 27.3 Å². The molecule has 0 aromatic heterocycles. The Kier molecular flexibility index (Phi) is 4.15. The smallest absolute Gasteiger partial charge is 0.0357 e. The summed E-state index contributed by atoms with van der Waals surface area (Å²) in [4.78, 5) is 0. The van der Waals surface area contributed by atoms with Gasteiger partial charge < -0.3 is 5.73 Å². The maximum absolute atomic E-state index is 5.81. The van der Waals surface area contributed by atoms with Gasteiger partial charge in [0.15, 0.2) is 0 Å². The molecular formula is C9H11ClIN. The maximum atomic E-state index is 5.81. The Bertz CT molecular complexity index is 263. The molecular weight excluding hydrogens is 284 g/mol. The van der Waals surface area contributed by atoms with E-state index in [0.29, 0.717) is 5.88 Å². The second-order valence-corrected chi connectivity index (χ2v) is 4.26. The largest absolute Gasteiger partial charge is 0.398 e. The minimum Gasteiger partial charge on any atom is -0.398 e. The van der Waals surface area contributed by atoms with Crippen LogP contribution in [-0.4, -0.2) is 5.88 Å². The van der Waals surface area contributed by atoms with Crippen LogP contribution in [0.1, 0.15) is 12.0 Å². The van der Waals surface area contributed by atoms with Crippen molar-refractivity contribution in [3.63, 3.8) is 0 Å². The quantitative estimate of drug-likeness (QED) is 0.518. The zero-order valence-corrected chi connectivity index (χ0v) is 9.60. The van der Waals surface area contributed by atoms with Gasteiger partial charge in [0.1, 0.15) is 0 Å². The lowest BCUT2D eigenvalue weighted by Crippen LogP contribution is -1.95. The Morgan fingerprint density at radius 3 is 2.75 bits per heavy atom. The van der Waals surface area contributed by atoms with Gasteiger partial charge in [0.25, 0.3) is 0 Å². The average molecular weight is 296 g/mol. The van der Waals surface area contributed by atoms with Crippen molar-refractivity contribution in [1.29, 1.82) is 0 Å². The standard InChI is InChI=1S/C9H11ClIN/c10-5-1-2-7-3-4-8(11)6-9(7)12/h3-4,6H,1-2,5,12H2. The molecule has 0 aliphatic carbocycles. The van der Waals surface area contributed by atoms with Gasteiger partial charge in [0.2, 0.25) is 0 Å². The summed E-state index contributed by atoms with van der Waals surface area (Å²) in [5.41, 5.74) is 7.90. The van der Waals surface area contributed by atoms with E-state index >= 15 is 0 Å². The summed E-state index contributed by atoms with van der Waals surface area (Å²) < 4.78 is 1.18. The van der Waals surface area contributed by atoms with Crippen molar-refractivity contribution in [2.45, 2.75) is 12.8 Å². The van der Waals surface area contributed by atoms with Gasteiger partial charge in [-0.2, -0.15) is 0 Å². The van der Waals surface area contributed by atoms with E-state index in [1.54, 1.807) is 0 Å². The fourth-order valence-electron chi connectivity index (χ4n) is 1.05. The van der Waals surface area contributed by atoms with Crippen LogP contribution in [0.15, 0.2) is 18.2 Å². The van der Waals surface area contributed by atoms with E-state index in [2.05, 4.69) is 34.7 Å². The van der Waals surface area contributed by atoms with Crippen LogP contribution >= 0.6 is 34.2 Å². The van der Waals surface area contributed by atoms with Crippen LogP contribution in [0.4, 0.5) is 5.69 Å². The molecule has 66 valence electrons. The Balaban J connectivity index is 2.72. The van der Waals surface area contributed by atoms with Crippen molar-refractivity contribution >= 4 is 39.9 Å². The van der Waals surface area contributed by atoms with E-state index in [9.17, 15) is 0 Å². The summed E-state index contributed by atoms with van der Waals surface area (Å²) in [7, 11) is 0. The zero-order valence-electron chi connectivity index (χ0n) is 6.69. The molecule has 0 saturated heterocycles. The molecule has 0 radical (unpaired) electrons. The predicted octanol–water partition coefficient (Wildman–Crippen LogP) is 3.04. The highest BCUT2D eigenvalue weighted by Gasteiger charge is 1.98. The number of rotatable bonds is 3. The van der Waals surface area contributed by atoms with Crippen molar-refractivity contribution in [1.82, 2.24) is 0 Å². The van der Waals surface area contributed by atoms with Crippen LogP contribution < -0.4 is 5.73 Å². The normalized spacial score (nSPS) is 10.2. The molecule has 0 unspecified atom stereocenters. The minimum absolute atomic E-state index is 0.700. The van der Waals surface area contributed by atoms with Crippen LogP contribution in [0.5, 0.6) is 0 Å². The third-order valence-corrected chi connectivity index (χ3v) is 2.63. The molecule has 1 nitrogen and oxygen atoms in total. The van der Waals surface area contributed by atoms with Crippen molar-refractivity contribution in [2.75, 3.05) is 11.6 Å². The molecule has 0 heterocycles. The molecule has 1 aromatic rings.